The van der Waals surface area contributed by atoms with Gasteiger partial charge in [-0.1, -0.05) is 46.1 Å². The van der Waals surface area contributed by atoms with E-state index in [0.717, 1.165) is 49.3 Å². The molecule has 2 aromatic carbocycles. The van der Waals surface area contributed by atoms with Crippen molar-refractivity contribution in [1.29, 1.82) is 0 Å². The van der Waals surface area contributed by atoms with Gasteiger partial charge in [0.15, 0.2) is 5.78 Å². The van der Waals surface area contributed by atoms with Gasteiger partial charge >= 0.3 is 0 Å². The van der Waals surface area contributed by atoms with E-state index in [1.54, 1.807) is 6.92 Å². The number of benzene rings is 2. The predicted octanol–water partition coefficient (Wildman–Crippen LogP) is 5.32. The normalized spacial score (nSPS) is 17.2. The molecule has 0 aromatic heterocycles. The van der Waals surface area contributed by atoms with Gasteiger partial charge < -0.3 is 15.7 Å². The van der Waals surface area contributed by atoms with Crippen LogP contribution in [0.2, 0.25) is 0 Å². The molecule has 0 aliphatic heterocycles. The first-order valence-corrected chi connectivity index (χ1v) is 13.1. The lowest BCUT2D eigenvalue weighted by molar-refractivity contribution is -0.120. The molecule has 1 amide bonds. The van der Waals surface area contributed by atoms with E-state index in [4.69, 9.17) is 0 Å². The number of aliphatic hydroxyl groups is 1. The van der Waals surface area contributed by atoms with E-state index < -0.39 is 29.3 Å². The Morgan fingerprint density at radius 2 is 1.59 bits per heavy atom. The molecule has 1 aliphatic rings. The zero-order valence-electron chi connectivity index (χ0n) is 22.6. The Bertz CT molecular complexity index is 1100. The van der Waals surface area contributed by atoms with Gasteiger partial charge in [-0.3, -0.25) is 9.59 Å². The molecule has 202 valence electrons. The second-order valence-corrected chi connectivity index (χ2v) is 11.5. The van der Waals surface area contributed by atoms with Gasteiger partial charge in [-0.2, -0.15) is 0 Å². The summed E-state index contributed by atoms with van der Waals surface area (Å²) in [6, 6.07) is 8.57. The number of amides is 1. The second-order valence-electron chi connectivity index (χ2n) is 11.5. The molecular weight excluding hydrogens is 474 g/mol. The van der Waals surface area contributed by atoms with E-state index in [1.165, 1.54) is 19.1 Å². The van der Waals surface area contributed by atoms with Crippen LogP contribution in [0.1, 0.15) is 93.8 Å². The Balaban J connectivity index is 1.90. The first kappa shape index (κ1) is 28.9. The zero-order valence-corrected chi connectivity index (χ0v) is 22.6. The van der Waals surface area contributed by atoms with Crippen LogP contribution in [-0.4, -0.2) is 35.5 Å². The third-order valence-corrected chi connectivity index (χ3v) is 7.35. The van der Waals surface area contributed by atoms with Gasteiger partial charge in [0.05, 0.1) is 12.1 Å². The fraction of sp³-hybridized carbons (Fsp3) is 0.533. The molecule has 0 heterocycles. The minimum Gasteiger partial charge on any atom is -0.390 e. The van der Waals surface area contributed by atoms with Gasteiger partial charge in [0.1, 0.15) is 11.6 Å². The highest BCUT2D eigenvalue weighted by molar-refractivity contribution is 5.94. The van der Waals surface area contributed by atoms with Crippen molar-refractivity contribution in [3.63, 3.8) is 0 Å². The maximum absolute atomic E-state index is 13.8. The van der Waals surface area contributed by atoms with Crippen LogP contribution in [-0.2, 0) is 22.2 Å². The molecule has 1 aliphatic carbocycles. The Kier molecular flexibility index (Phi) is 9.24. The SMILES string of the molecule is CC(=O)NC(Cc1cc(F)cc(F)c1)C(O)CNC1(c2cc(C(C)=O)cc(C(C)(C)C)c2)CCCCC1. The molecule has 2 aromatic rings. The number of aliphatic hydroxyl groups excluding tert-OH is 1. The second kappa shape index (κ2) is 11.8. The minimum absolute atomic E-state index is 0.00592. The Labute approximate surface area is 219 Å². The van der Waals surface area contributed by atoms with Crippen LogP contribution < -0.4 is 10.6 Å². The summed E-state index contributed by atoms with van der Waals surface area (Å²) in [5.74, 6) is -1.74. The number of hydrogen-bond donors (Lipinski definition) is 3. The number of nitrogens with one attached hydrogen (secondary N) is 2. The minimum atomic E-state index is -1.01. The molecule has 0 radical (unpaired) electrons. The fourth-order valence-corrected chi connectivity index (χ4v) is 5.23. The van der Waals surface area contributed by atoms with Crippen LogP contribution >= 0.6 is 0 Å². The number of carbonyl (C=O) groups is 2. The van der Waals surface area contributed by atoms with Crippen molar-refractivity contribution in [2.24, 2.45) is 0 Å². The van der Waals surface area contributed by atoms with Gasteiger partial charge in [0.25, 0.3) is 0 Å². The maximum Gasteiger partial charge on any atom is 0.217 e. The van der Waals surface area contributed by atoms with Crippen LogP contribution in [0.4, 0.5) is 8.78 Å². The van der Waals surface area contributed by atoms with Crippen LogP contribution in [0.5, 0.6) is 0 Å². The summed E-state index contributed by atoms with van der Waals surface area (Å²) >= 11 is 0. The van der Waals surface area contributed by atoms with E-state index >= 15 is 0 Å². The first-order chi connectivity index (χ1) is 17.3. The highest BCUT2D eigenvalue weighted by Crippen LogP contribution is 2.39. The number of ketones is 1. The monoisotopic (exact) mass is 514 g/mol. The number of halogens is 2. The third-order valence-electron chi connectivity index (χ3n) is 7.35. The first-order valence-electron chi connectivity index (χ1n) is 13.1. The topological polar surface area (TPSA) is 78.4 Å². The summed E-state index contributed by atoms with van der Waals surface area (Å²) in [7, 11) is 0. The van der Waals surface area contributed by atoms with Gasteiger partial charge in [0, 0.05) is 30.6 Å². The summed E-state index contributed by atoms with van der Waals surface area (Å²) in [6.07, 6.45) is 3.91. The molecule has 0 bridgehead atoms. The van der Waals surface area contributed by atoms with Crippen molar-refractivity contribution in [3.8, 4) is 0 Å². The molecule has 0 spiro atoms. The van der Waals surface area contributed by atoms with Crippen LogP contribution in [0, 0.1) is 11.6 Å². The van der Waals surface area contributed by atoms with E-state index in [9.17, 15) is 23.5 Å². The van der Waals surface area contributed by atoms with Crippen LogP contribution in [0.15, 0.2) is 36.4 Å². The molecular formula is C30H40F2N2O3. The average molecular weight is 515 g/mol. The Morgan fingerprint density at radius 1 is 0.973 bits per heavy atom. The summed E-state index contributed by atoms with van der Waals surface area (Å²) in [5, 5.41) is 17.5. The van der Waals surface area contributed by atoms with Gasteiger partial charge in [-0.25, -0.2) is 8.78 Å². The molecule has 0 saturated heterocycles. The lowest BCUT2D eigenvalue weighted by Gasteiger charge is -2.41. The summed E-state index contributed by atoms with van der Waals surface area (Å²) < 4.78 is 27.5. The number of rotatable bonds is 9. The van der Waals surface area contributed by atoms with E-state index in [-0.39, 0.29) is 30.1 Å². The molecule has 3 N–H and O–H groups in total. The van der Waals surface area contributed by atoms with Gasteiger partial charge in [-0.05, 0) is 72.6 Å². The van der Waals surface area contributed by atoms with Crippen LogP contribution in [0.25, 0.3) is 0 Å². The maximum atomic E-state index is 13.8. The van der Waals surface area contributed by atoms with E-state index in [2.05, 4.69) is 37.5 Å². The molecule has 5 nitrogen and oxygen atoms in total. The van der Waals surface area contributed by atoms with Crippen molar-refractivity contribution in [1.82, 2.24) is 10.6 Å². The largest absolute Gasteiger partial charge is 0.390 e. The summed E-state index contributed by atoms with van der Waals surface area (Å²) in [5.41, 5.74) is 2.54. The standard InChI is InChI=1S/C30H40F2N2O3/c1-19(35)22-14-23(29(3,4)5)16-24(15-22)30(9-7-6-8-10-30)33-18-28(37)27(34-20(2)36)13-21-11-25(31)17-26(32)12-21/h11-12,14-17,27-28,33,37H,6-10,13,18H2,1-5H3,(H,34,36). The van der Waals surface area contributed by atoms with E-state index in [1.807, 2.05) is 12.1 Å². The van der Waals surface area contributed by atoms with Crippen molar-refractivity contribution < 1.29 is 23.5 Å². The van der Waals surface area contributed by atoms with Crippen molar-refractivity contribution in [3.05, 3.63) is 70.3 Å². The van der Waals surface area contributed by atoms with Crippen molar-refractivity contribution >= 4 is 11.7 Å². The van der Waals surface area contributed by atoms with E-state index in [0.29, 0.717) is 11.1 Å². The Morgan fingerprint density at radius 3 is 2.14 bits per heavy atom. The van der Waals surface area contributed by atoms with Crippen molar-refractivity contribution in [2.45, 2.75) is 96.2 Å². The summed E-state index contributed by atoms with van der Waals surface area (Å²) in [6.45, 7) is 9.45. The number of Topliss-reactive ketones (excluding diaryl/α,β-unsaturated/α-hetero) is 1. The quantitative estimate of drug-likeness (QED) is 0.396. The summed E-state index contributed by atoms with van der Waals surface area (Å²) in [4.78, 5) is 24.3. The molecule has 2 unspecified atom stereocenters. The fourth-order valence-electron chi connectivity index (χ4n) is 5.23. The average Bonchev–Trinajstić information content (AvgIpc) is 2.81. The predicted molar refractivity (Wildman–Crippen MR) is 142 cm³/mol. The molecule has 37 heavy (non-hydrogen) atoms. The molecule has 7 heteroatoms. The number of hydrogen-bond acceptors (Lipinski definition) is 4. The molecule has 3 rings (SSSR count). The lowest BCUT2D eigenvalue weighted by atomic mass is 9.73. The van der Waals surface area contributed by atoms with Crippen LogP contribution in [0.3, 0.4) is 0 Å². The highest BCUT2D eigenvalue weighted by atomic mass is 19.1. The van der Waals surface area contributed by atoms with Gasteiger partial charge in [0.2, 0.25) is 5.91 Å². The Hall–Kier alpha value is -2.64. The lowest BCUT2D eigenvalue weighted by Crippen LogP contribution is -2.53. The van der Waals surface area contributed by atoms with Crippen molar-refractivity contribution in [2.75, 3.05) is 6.54 Å². The molecule has 1 fully saturated rings. The zero-order chi connectivity index (χ0) is 27.4. The smallest absolute Gasteiger partial charge is 0.217 e. The molecule has 2 atom stereocenters. The highest BCUT2D eigenvalue weighted by Gasteiger charge is 2.36. The number of carbonyl (C=O) groups excluding carboxylic acids is 2. The van der Waals surface area contributed by atoms with Gasteiger partial charge in [-0.15, -0.1) is 0 Å². The molecule has 1 saturated carbocycles. The third kappa shape index (κ3) is 7.68.